The third-order valence-corrected chi connectivity index (χ3v) is 12.7. The molecule has 0 spiro atoms. The molecular weight excluding hydrogens is 712 g/mol. The Hall–Kier alpha value is -3.06. The van der Waals surface area contributed by atoms with Crippen molar-refractivity contribution in [2.24, 2.45) is 17.3 Å². The molecule has 17 heteroatoms. The van der Waals surface area contributed by atoms with Crippen molar-refractivity contribution in [2.45, 2.75) is 134 Å². The molecule has 5 amide bonds. The largest absolute Gasteiger partial charge is 0.377 e. The van der Waals surface area contributed by atoms with E-state index in [1.165, 1.54) is 17.7 Å². The quantitative estimate of drug-likeness (QED) is 0.0554. The number of imide groups is 1. The summed E-state index contributed by atoms with van der Waals surface area (Å²) in [6.45, 7) is 6.29. The number of hydrazine groups is 1. The summed E-state index contributed by atoms with van der Waals surface area (Å²) in [5, 5.41) is 18.3. The molecule has 9 atom stereocenters. The Morgan fingerprint density at radius 3 is 2.55 bits per heavy atom. The van der Waals surface area contributed by atoms with E-state index in [2.05, 4.69) is 50.9 Å². The number of nitrogens with zero attached hydrogens (tertiary/aromatic N) is 2. The smallest absolute Gasteiger partial charge is 0.249 e. The molecular formula is C38H62N8O9. The average Bonchev–Trinajstić information content (AvgIpc) is 3.91. The monoisotopic (exact) mass is 774 g/mol. The molecule has 0 radical (unpaired) electrons. The van der Waals surface area contributed by atoms with Crippen LogP contribution in [-0.4, -0.2) is 141 Å². The summed E-state index contributed by atoms with van der Waals surface area (Å²) in [6.07, 6.45) is 10.1. The molecule has 4 saturated heterocycles. The van der Waals surface area contributed by atoms with Crippen molar-refractivity contribution in [3.05, 3.63) is 0 Å². The van der Waals surface area contributed by atoms with Crippen LogP contribution in [0.4, 0.5) is 0 Å². The zero-order chi connectivity index (χ0) is 39.0. The molecule has 17 nitrogen and oxygen atoms in total. The zero-order valence-corrected chi connectivity index (χ0v) is 32.5. The number of hydrogen-bond acceptors (Lipinski definition) is 13. The minimum absolute atomic E-state index is 0.0435. The van der Waals surface area contributed by atoms with E-state index in [0.717, 1.165) is 44.9 Å². The van der Waals surface area contributed by atoms with Crippen molar-refractivity contribution in [1.29, 1.82) is 0 Å². The Bertz CT molecular complexity index is 1380. The zero-order valence-electron chi connectivity index (χ0n) is 32.5. The molecule has 0 bridgehead atoms. The van der Waals surface area contributed by atoms with Gasteiger partial charge in [0, 0.05) is 44.2 Å². The number of piperidine rings is 1. The Morgan fingerprint density at radius 1 is 0.964 bits per heavy atom. The van der Waals surface area contributed by atoms with Gasteiger partial charge in [0.1, 0.15) is 25.5 Å². The molecule has 0 aromatic carbocycles. The Labute approximate surface area is 323 Å². The van der Waals surface area contributed by atoms with Gasteiger partial charge in [0.15, 0.2) is 0 Å². The summed E-state index contributed by atoms with van der Waals surface area (Å²) >= 11 is 0. The number of amides is 5. The van der Waals surface area contributed by atoms with Gasteiger partial charge in [-0.05, 0) is 63.7 Å². The number of hydrogen-bond donors (Lipinski definition) is 6. The first-order valence-corrected chi connectivity index (χ1v) is 20.6. The van der Waals surface area contributed by atoms with E-state index in [0.29, 0.717) is 43.4 Å². The summed E-state index contributed by atoms with van der Waals surface area (Å²) < 4.78 is 17.0. The van der Waals surface area contributed by atoms with Gasteiger partial charge >= 0.3 is 0 Å². The summed E-state index contributed by atoms with van der Waals surface area (Å²) in [5.41, 5.74) is 2.57. The highest BCUT2D eigenvalue weighted by Crippen LogP contribution is 2.48. The fraction of sp³-hybridized carbons (Fsp3) is 0.842. The second kappa shape index (κ2) is 19.4. The maximum Gasteiger partial charge on any atom is 0.249 e. The SMILES string of the molecule is CCC(CC)C1CC(N[C@H]2CC[C@H](NC(=O)COCCOCCNC(=O)COC3CCCC4(C=O)CN(C5CCC(=O)NC5=O)C(=O)C34)C2)N2NCCC2N1. The van der Waals surface area contributed by atoms with Gasteiger partial charge in [-0.3, -0.25) is 45.3 Å². The molecule has 55 heavy (non-hydrogen) atoms. The van der Waals surface area contributed by atoms with Gasteiger partial charge < -0.3 is 34.5 Å². The third kappa shape index (κ3) is 10.1. The Morgan fingerprint density at radius 2 is 1.76 bits per heavy atom. The van der Waals surface area contributed by atoms with Crippen LogP contribution in [0.3, 0.4) is 0 Å². The van der Waals surface area contributed by atoms with E-state index < -0.39 is 29.4 Å². The van der Waals surface area contributed by atoms with Crippen LogP contribution in [0.2, 0.25) is 0 Å². The molecule has 6 fully saturated rings. The summed E-state index contributed by atoms with van der Waals surface area (Å²) in [4.78, 5) is 76.5. The number of aldehydes is 1. The van der Waals surface area contributed by atoms with E-state index >= 15 is 0 Å². The minimum atomic E-state index is -0.995. The van der Waals surface area contributed by atoms with Gasteiger partial charge in [-0.2, -0.15) is 0 Å². The molecule has 6 rings (SSSR count). The minimum Gasteiger partial charge on any atom is -0.377 e. The van der Waals surface area contributed by atoms with Crippen molar-refractivity contribution in [3.8, 4) is 0 Å². The first-order valence-electron chi connectivity index (χ1n) is 20.6. The number of fused-ring (bicyclic) bond motifs is 2. The van der Waals surface area contributed by atoms with Crippen molar-refractivity contribution >= 4 is 35.8 Å². The normalized spacial score (nSPS) is 33.7. The topological polar surface area (TPSA) is 209 Å². The van der Waals surface area contributed by atoms with Crippen LogP contribution in [0.5, 0.6) is 0 Å². The van der Waals surface area contributed by atoms with E-state index in [4.69, 9.17) is 14.2 Å². The van der Waals surface area contributed by atoms with Crippen LogP contribution in [-0.2, 0) is 43.0 Å². The second-order valence-electron chi connectivity index (χ2n) is 16.2. The molecule has 0 aromatic heterocycles. The lowest BCUT2D eigenvalue weighted by Crippen LogP contribution is -2.66. The molecule has 7 unspecified atom stereocenters. The van der Waals surface area contributed by atoms with E-state index in [1.807, 2.05) is 0 Å². The molecule has 2 saturated carbocycles. The number of carbonyl (C=O) groups is 6. The first-order chi connectivity index (χ1) is 26.6. The van der Waals surface area contributed by atoms with Crippen LogP contribution < -0.4 is 32.0 Å². The summed E-state index contributed by atoms with van der Waals surface area (Å²) in [6, 6.07) is 0.173. The van der Waals surface area contributed by atoms with Crippen LogP contribution in [0.25, 0.3) is 0 Å². The molecule has 6 N–H and O–H groups in total. The van der Waals surface area contributed by atoms with E-state index in [9.17, 15) is 28.8 Å². The van der Waals surface area contributed by atoms with Gasteiger partial charge in [-0.1, -0.05) is 26.7 Å². The first kappa shape index (κ1) is 41.6. The number of ether oxygens (including phenoxy) is 3. The predicted molar refractivity (Wildman–Crippen MR) is 198 cm³/mol. The molecule has 0 aromatic rings. The average molecular weight is 775 g/mol. The molecule has 6 aliphatic rings. The van der Waals surface area contributed by atoms with Crippen LogP contribution in [0, 0.1) is 17.3 Å². The number of rotatable bonds is 19. The lowest BCUT2D eigenvalue weighted by atomic mass is 9.67. The van der Waals surface area contributed by atoms with Gasteiger partial charge in [0.25, 0.3) is 0 Å². The van der Waals surface area contributed by atoms with E-state index in [-0.39, 0.29) is 94.8 Å². The standard InChI is InChI=1S/C38H62N8O9/c1-3-24(4-2)27-19-31(46-30(43-27)11-13-40-46)41-25-7-8-26(18-25)42-34(50)20-54-17-16-53-15-14-39-33(49)21-55-29-6-5-12-38(23-47)22-45(37(52)35(29)38)28-9-10-32(48)44-36(28)51/h23-31,35,40-41,43H,3-22H2,1-2H3,(H,39,49)(H,42,50)(H,44,48,51)/t25-,26-,27?,28?,29?,30?,31?,35?,38?/m0/s1. The highest BCUT2D eigenvalue weighted by molar-refractivity contribution is 6.02. The van der Waals surface area contributed by atoms with Crippen LogP contribution in [0.15, 0.2) is 0 Å². The lowest BCUT2D eigenvalue weighted by Gasteiger charge is -2.45. The van der Waals surface area contributed by atoms with Gasteiger partial charge in [0.2, 0.25) is 29.5 Å². The highest BCUT2D eigenvalue weighted by Gasteiger charge is 2.59. The number of nitrogens with one attached hydrogen (secondary N) is 6. The highest BCUT2D eigenvalue weighted by atomic mass is 16.5. The van der Waals surface area contributed by atoms with Crippen molar-refractivity contribution < 1.29 is 43.0 Å². The van der Waals surface area contributed by atoms with Crippen LogP contribution >= 0.6 is 0 Å². The summed E-state index contributed by atoms with van der Waals surface area (Å²) in [5.74, 6) is -1.89. The van der Waals surface area contributed by atoms with Gasteiger partial charge in [-0.15, -0.1) is 0 Å². The van der Waals surface area contributed by atoms with Crippen molar-refractivity contribution in [1.82, 2.24) is 41.9 Å². The Kier molecular flexibility index (Phi) is 14.7. The van der Waals surface area contributed by atoms with Gasteiger partial charge in [-0.25, -0.2) is 5.01 Å². The molecule has 4 heterocycles. The molecule has 4 aliphatic heterocycles. The predicted octanol–water partition coefficient (Wildman–Crippen LogP) is -0.559. The van der Waals surface area contributed by atoms with Crippen molar-refractivity contribution in [2.75, 3.05) is 52.7 Å². The lowest BCUT2D eigenvalue weighted by molar-refractivity contribution is -0.150. The maximum atomic E-state index is 13.5. The number of carbonyl (C=O) groups excluding carboxylic acids is 6. The molecule has 2 aliphatic carbocycles. The fourth-order valence-corrected chi connectivity index (χ4v) is 9.83. The second-order valence-corrected chi connectivity index (χ2v) is 16.2. The molecule has 308 valence electrons. The third-order valence-electron chi connectivity index (χ3n) is 12.7. The van der Waals surface area contributed by atoms with Crippen LogP contribution in [0.1, 0.15) is 90.9 Å². The van der Waals surface area contributed by atoms with Crippen molar-refractivity contribution in [3.63, 3.8) is 0 Å². The number of likely N-dealkylation sites (tertiary alicyclic amines) is 1. The fourth-order valence-electron chi connectivity index (χ4n) is 9.83. The summed E-state index contributed by atoms with van der Waals surface area (Å²) in [7, 11) is 0. The maximum absolute atomic E-state index is 13.5. The van der Waals surface area contributed by atoms with E-state index in [1.54, 1.807) is 0 Å². The van der Waals surface area contributed by atoms with Gasteiger partial charge in [0.05, 0.1) is 49.6 Å². The Balaban J connectivity index is 0.813.